The van der Waals surface area contributed by atoms with Crippen LogP contribution in [0.2, 0.25) is 0 Å². The fourth-order valence-electron chi connectivity index (χ4n) is 2.86. The van der Waals surface area contributed by atoms with E-state index in [9.17, 15) is 4.79 Å². The summed E-state index contributed by atoms with van der Waals surface area (Å²) in [5, 5.41) is 0. The van der Waals surface area contributed by atoms with Gasteiger partial charge in [0.2, 0.25) is 0 Å². The lowest BCUT2D eigenvalue weighted by molar-refractivity contribution is -0.108. The molecule has 0 saturated heterocycles. The molecular formula is C15H20O. The second-order valence-corrected chi connectivity index (χ2v) is 4.90. The van der Waals surface area contributed by atoms with Crippen LogP contribution in [-0.4, -0.2) is 6.29 Å². The van der Waals surface area contributed by atoms with Gasteiger partial charge in [-0.2, -0.15) is 0 Å². The SMILES string of the molecule is O=CCC(CC1CCCC1)c1ccccc1. The number of aldehydes is 1. The standard InChI is InChI=1S/C15H20O/c16-11-10-15(12-13-6-4-5-7-13)14-8-2-1-3-9-14/h1-3,8-9,11,13,15H,4-7,10,12H2. The minimum absolute atomic E-state index is 0.446. The van der Waals surface area contributed by atoms with E-state index in [4.69, 9.17) is 0 Å². The summed E-state index contributed by atoms with van der Waals surface area (Å²) in [6.45, 7) is 0. The topological polar surface area (TPSA) is 17.1 Å². The molecule has 0 heterocycles. The van der Waals surface area contributed by atoms with Gasteiger partial charge in [0.1, 0.15) is 6.29 Å². The quantitative estimate of drug-likeness (QED) is 0.681. The first-order valence-electron chi connectivity index (χ1n) is 6.38. The zero-order chi connectivity index (χ0) is 11.2. The molecule has 1 atom stereocenters. The predicted molar refractivity (Wildman–Crippen MR) is 66.4 cm³/mol. The van der Waals surface area contributed by atoms with Crippen molar-refractivity contribution in [1.29, 1.82) is 0 Å². The Morgan fingerprint density at radius 2 is 1.88 bits per heavy atom. The van der Waals surface area contributed by atoms with Crippen LogP contribution in [0.1, 0.15) is 50.0 Å². The number of hydrogen-bond acceptors (Lipinski definition) is 1. The van der Waals surface area contributed by atoms with Crippen LogP contribution in [0.5, 0.6) is 0 Å². The highest BCUT2D eigenvalue weighted by Crippen LogP contribution is 2.35. The molecule has 0 bridgehead atoms. The van der Waals surface area contributed by atoms with Gasteiger partial charge in [0.05, 0.1) is 0 Å². The molecule has 2 rings (SSSR count). The van der Waals surface area contributed by atoms with E-state index >= 15 is 0 Å². The Labute approximate surface area is 97.9 Å². The summed E-state index contributed by atoms with van der Waals surface area (Å²) >= 11 is 0. The number of benzene rings is 1. The number of carbonyl (C=O) groups is 1. The van der Waals surface area contributed by atoms with Crippen LogP contribution in [0.4, 0.5) is 0 Å². The molecule has 0 spiro atoms. The van der Waals surface area contributed by atoms with Crippen molar-refractivity contribution in [3.8, 4) is 0 Å². The van der Waals surface area contributed by atoms with Crippen LogP contribution in [0.15, 0.2) is 30.3 Å². The van der Waals surface area contributed by atoms with Crippen molar-refractivity contribution < 1.29 is 4.79 Å². The number of hydrogen-bond donors (Lipinski definition) is 0. The van der Waals surface area contributed by atoms with Gasteiger partial charge in [0, 0.05) is 6.42 Å². The van der Waals surface area contributed by atoms with Crippen LogP contribution in [0.25, 0.3) is 0 Å². The third-order valence-electron chi connectivity index (χ3n) is 3.74. The molecule has 0 radical (unpaired) electrons. The van der Waals surface area contributed by atoms with Crippen molar-refractivity contribution in [3.05, 3.63) is 35.9 Å². The van der Waals surface area contributed by atoms with Gasteiger partial charge in [-0.3, -0.25) is 0 Å². The lowest BCUT2D eigenvalue weighted by Crippen LogP contribution is -2.05. The van der Waals surface area contributed by atoms with E-state index in [1.54, 1.807) is 0 Å². The molecule has 1 aliphatic rings. The molecule has 1 aromatic rings. The molecule has 1 saturated carbocycles. The minimum atomic E-state index is 0.446. The van der Waals surface area contributed by atoms with Gasteiger partial charge in [-0.1, -0.05) is 56.0 Å². The highest BCUT2D eigenvalue weighted by Gasteiger charge is 2.20. The largest absolute Gasteiger partial charge is 0.303 e. The van der Waals surface area contributed by atoms with Crippen molar-refractivity contribution in [3.63, 3.8) is 0 Å². The minimum Gasteiger partial charge on any atom is -0.303 e. The van der Waals surface area contributed by atoms with E-state index in [0.29, 0.717) is 12.3 Å². The summed E-state index contributed by atoms with van der Waals surface area (Å²) in [6, 6.07) is 10.5. The smallest absolute Gasteiger partial charge is 0.120 e. The van der Waals surface area contributed by atoms with Gasteiger partial charge in [0.15, 0.2) is 0 Å². The normalized spacial score (nSPS) is 18.5. The average molecular weight is 216 g/mol. The Kier molecular flexibility index (Phi) is 4.15. The van der Waals surface area contributed by atoms with E-state index < -0.39 is 0 Å². The molecule has 1 aliphatic carbocycles. The Morgan fingerprint density at radius 1 is 1.19 bits per heavy atom. The molecule has 16 heavy (non-hydrogen) atoms. The summed E-state index contributed by atoms with van der Waals surface area (Å²) < 4.78 is 0. The third kappa shape index (κ3) is 2.94. The van der Waals surface area contributed by atoms with Gasteiger partial charge in [-0.05, 0) is 23.8 Å². The van der Waals surface area contributed by atoms with Crippen LogP contribution < -0.4 is 0 Å². The maximum atomic E-state index is 10.8. The molecular weight excluding hydrogens is 196 g/mol. The molecule has 1 fully saturated rings. The van der Waals surface area contributed by atoms with Gasteiger partial charge in [-0.25, -0.2) is 0 Å². The summed E-state index contributed by atoms with van der Waals surface area (Å²) in [6.07, 6.45) is 8.45. The molecule has 1 nitrogen and oxygen atoms in total. The van der Waals surface area contributed by atoms with Crippen molar-refractivity contribution >= 4 is 6.29 Å². The second-order valence-electron chi connectivity index (χ2n) is 4.90. The van der Waals surface area contributed by atoms with Gasteiger partial charge in [0.25, 0.3) is 0 Å². The molecule has 1 heteroatoms. The van der Waals surface area contributed by atoms with Crippen molar-refractivity contribution in [2.24, 2.45) is 5.92 Å². The second kappa shape index (κ2) is 5.83. The van der Waals surface area contributed by atoms with E-state index in [2.05, 4.69) is 24.3 Å². The zero-order valence-electron chi connectivity index (χ0n) is 9.77. The Hall–Kier alpha value is -1.11. The summed E-state index contributed by atoms with van der Waals surface area (Å²) in [4.78, 5) is 10.8. The molecule has 0 amide bonds. The lowest BCUT2D eigenvalue weighted by Gasteiger charge is -2.18. The van der Waals surface area contributed by atoms with Crippen LogP contribution in [0, 0.1) is 5.92 Å². The molecule has 0 aliphatic heterocycles. The average Bonchev–Trinajstić information content (AvgIpc) is 2.83. The van der Waals surface area contributed by atoms with E-state index in [1.807, 2.05) is 6.07 Å². The summed E-state index contributed by atoms with van der Waals surface area (Å²) in [5.74, 6) is 1.30. The maximum Gasteiger partial charge on any atom is 0.120 e. The highest BCUT2D eigenvalue weighted by molar-refractivity contribution is 5.51. The van der Waals surface area contributed by atoms with Gasteiger partial charge >= 0.3 is 0 Å². The Morgan fingerprint density at radius 3 is 2.50 bits per heavy atom. The van der Waals surface area contributed by atoms with Crippen LogP contribution in [0.3, 0.4) is 0 Å². The van der Waals surface area contributed by atoms with Gasteiger partial charge in [-0.15, -0.1) is 0 Å². The third-order valence-corrected chi connectivity index (χ3v) is 3.74. The monoisotopic (exact) mass is 216 g/mol. The van der Waals surface area contributed by atoms with Crippen LogP contribution >= 0.6 is 0 Å². The summed E-state index contributed by atoms with van der Waals surface area (Å²) in [5.41, 5.74) is 1.33. The van der Waals surface area contributed by atoms with Gasteiger partial charge < -0.3 is 4.79 Å². The lowest BCUT2D eigenvalue weighted by atomic mass is 9.86. The number of carbonyl (C=O) groups excluding carboxylic acids is 1. The maximum absolute atomic E-state index is 10.8. The molecule has 86 valence electrons. The van der Waals surface area contributed by atoms with Crippen molar-refractivity contribution in [2.75, 3.05) is 0 Å². The predicted octanol–water partition coefficient (Wildman–Crippen LogP) is 3.94. The molecule has 1 aromatic carbocycles. The first-order valence-corrected chi connectivity index (χ1v) is 6.38. The fourth-order valence-corrected chi connectivity index (χ4v) is 2.86. The molecule has 0 aromatic heterocycles. The zero-order valence-corrected chi connectivity index (χ0v) is 9.77. The van der Waals surface area contributed by atoms with E-state index in [1.165, 1.54) is 37.7 Å². The van der Waals surface area contributed by atoms with E-state index in [-0.39, 0.29) is 0 Å². The van der Waals surface area contributed by atoms with Crippen molar-refractivity contribution in [1.82, 2.24) is 0 Å². The van der Waals surface area contributed by atoms with E-state index in [0.717, 1.165) is 12.2 Å². The number of rotatable bonds is 5. The first kappa shape index (κ1) is 11.4. The Balaban J connectivity index is 2.01. The molecule has 1 unspecified atom stereocenters. The summed E-state index contributed by atoms with van der Waals surface area (Å²) in [7, 11) is 0. The molecule has 0 N–H and O–H groups in total. The van der Waals surface area contributed by atoms with Crippen molar-refractivity contribution in [2.45, 2.75) is 44.4 Å². The van der Waals surface area contributed by atoms with Crippen LogP contribution in [-0.2, 0) is 4.79 Å². The highest BCUT2D eigenvalue weighted by atomic mass is 16.1. The first-order chi connectivity index (χ1) is 7.90. The Bertz CT molecular complexity index is 311. The fraction of sp³-hybridized carbons (Fsp3) is 0.533.